The predicted octanol–water partition coefficient (Wildman–Crippen LogP) is 4.99. The van der Waals surface area contributed by atoms with Crippen molar-refractivity contribution in [2.45, 2.75) is 26.5 Å². The third kappa shape index (κ3) is 4.23. The SMILES string of the molecule is CC(C)Oc1ccc(NCc2ccc(Br)c(F)c2)cc1. The van der Waals surface area contributed by atoms with Gasteiger partial charge in [-0.25, -0.2) is 4.39 Å². The molecule has 1 N–H and O–H groups in total. The van der Waals surface area contributed by atoms with E-state index in [0.717, 1.165) is 17.0 Å². The fourth-order valence-corrected chi connectivity index (χ4v) is 2.02. The lowest BCUT2D eigenvalue weighted by Crippen LogP contribution is -2.05. The summed E-state index contributed by atoms with van der Waals surface area (Å²) in [5.41, 5.74) is 1.87. The van der Waals surface area contributed by atoms with Crippen LogP contribution >= 0.6 is 15.9 Å². The van der Waals surface area contributed by atoms with Crippen molar-refractivity contribution in [1.82, 2.24) is 0 Å². The Labute approximate surface area is 127 Å². The summed E-state index contributed by atoms with van der Waals surface area (Å²) in [5, 5.41) is 3.25. The molecule has 0 spiro atoms. The Morgan fingerprint density at radius 1 is 1.15 bits per heavy atom. The Morgan fingerprint density at radius 3 is 2.45 bits per heavy atom. The fraction of sp³-hybridized carbons (Fsp3) is 0.250. The molecule has 2 aromatic rings. The molecule has 0 aliphatic carbocycles. The molecule has 0 radical (unpaired) electrons. The Bertz CT molecular complexity index is 569. The molecular weight excluding hydrogens is 321 g/mol. The zero-order chi connectivity index (χ0) is 14.5. The molecule has 0 fully saturated rings. The van der Waals surface area contributed by atoms with Gasteiger partial charge in [0, 0.05) is 12.2 Å². The maximum absolute atomic E-state index is 13.4. The smallest absolute Gasteiger partial charge is 0.137 e. The maximum Gasteiger partial charge on any atom is 0.137 e. The summed E-state index contributed by atoms with van der Waals surface area (Å²) in [6.45, 7) is 4.57. The Kier molecular flexibility index (Phi) is 5.01. The third-order valence-electron chi connectivity index (χ3n) is 2.71. The van der Waals surface area contributed by atoms with E-state index in [2.05, 4.69) is 21.2 Å². The minimum atomic E-state index is -0.245. The van der Waals surface area contributed by atoms with Crippen molar-refractivity contribution in [3.05, 3.63) is 58.3 Å². The highest BCUT2D eigenvalue weighted by molar-refractivity contribution is 9.10. The van der Waals surface area contributed by atoms with Crippen molar-refractivity contribution in [2.24, 2.45) is 0 Å². The molecule has 0 amide bonds. The van der Waals surface area contributed by atoms with Crippen LogP contribution < -0.4 is 10.1 Å². The van der Waals surface area contributed by atoms with E-state index in [4.69, 9.17) is 4.74 Å². The van der Waals surface area contributed by atoms with Gasteiger partial charge in [-0.05, 0) is 71.7 Å². The van der Waals surface area contributed by atoms with Crippen LogP contribution in [0.25, 0.3) is 0 Å². The first-order valence-electron chi connectivity index (χ1n) is 6.49. The number of hydrogen-bond acceptors (Lipinski definition) is 2. The minimum Gasteiger partial charge on any atom is -0.491 e. The Morgan fingerprint density at radius 2 is 1.85 bits per heavy atom. The summed E-state index contributed by atoms with van der Waals surface area (Å²) in [4.78, 5) is 0. The van der Waals surface area contributed by atoms with Crippen LogP contribution in [0.4, 0.5) is 10.1 Å². The highest BCUT2D eigenvalue weighted by atomic mass is 79.9. The fourth-order valence-electron chi connectivity index (χ4n) is 1.78. The molecule has 0 atom stereocenters. The molecule has 0 aliphatic heterocycles. The summed E-state index contributed by atoms with van der Waals surface area (Å²) in [7, 11) is 0. The number of halogens is 2. The summed E-state index contributed by atoms with van der Waals surface area (Å²) in [5.74, 6) is 0.602. The lowest BCUT2D eigenvalue weighted by atomic mass is 10.2. The molecule has 20 heavy (non-hydrogen) atoms. The van der Waals surface area contributed by atoms with Crippen LogP contribution in [0.5, 0.6) is 5.75 Å². The van der Waals surface area contributed by atoms with E-state index in [0.29, 0.717) is 11.0 Å². The van der Waals surface area contributed by atoms with Gasteiger partial charge in [-0.3, -0.25) is 0 Å². The van der Waals surface area contributed by atoms with E-state index < -0.39 is 0 Å². The van der Waals surface area contributed by atoms with Crippen LogP contribution in [0.1, 0.15) is 19.4 Å². The van der Waals surface area contributed by atoms with Crippen molar-refractivity contribution in [3.8, 4) is 5.75 Å². The molecule has 0 aromatic heterocycles. The van der Waals surface area contributed by atoms with Gasteiger partial charge in [0.1, 0.15) is 11.6 Å². The second-order valence-electron chi connectivity index (χ2n) is 4.79. The summed E-state index contributed by atoms with van der Waals surface area (Å²) < 4.78 is 19.4. The normalized spacial score (nSPS) is 10.7. The number of anilines is 1. The van der Waals surface area contributed by atoms with Crippen LogP contribution in [-0.4, -0.2) is 6.10 Å². The van der Waals surface area contributed by atoms with E-state index in [1.165, 1.54) is 6.07 Å². The molecule has 0 bridgehead atoms. The van der Waals surface area contributed by atoms with Gasteiger partial charge in [0.15, 0.2) is 0 Å². The summed E-state index contributed by atoms with van der Waals surface area (Å²) in [6, 6.07) is 12.9. The zero-order valence-electron chi connectivity index (χ0n) is 11.5. The largest absolute Gasteiger partial charge is 0.491 e. The highest BCUT2D eigenvalue weighted by Gasteiger charge is 2.01. The van der Waals surface area contributed by atoms with Gasteiger partial charge in [0.05, 0.1) is 10.6 Å². The van der Waals surface area contributed by atoms with E-state index in [1.807, 2.05) is 44.2 Å². The topological polar surface area (TPSA) is 21.3 Å². The molecule has 0 aliphatic rings. The quantitative estimate of drug-likeness (QED) is 0.829. The number of benzene rings is 2. The van der Waals surface area contributed by atoms with Gasteiger partial charge < -0.3 is 10.1 Å². The molecule has 0 saturated carbocycles. The average molecular weight is 338 g/mol. The second kappa shape index (κ2) is 6.75. The first-order chi connectivity index (χ1) is 9.54. The van der Waals surface area contributed by atoms with Crippen molar-refractivity contribution in [2.75, 3.05) is 5.32 Å². The van der Waals surface area contributed by atoms with E-state index >= 15 is 0 Å². The molecule has 4 heteroatoms. The third-order valence-corrected chi connectivity index (χ3v) is 3.35. The lowest BCUT2D eigenvalue weighted by molar-refractivity contribution is 0.242. The Balaban J connectivity index is 1.95. The predicted molar refractivity (Wildman–Crippen MR) is 83.6 cm³/mol. The number of rotatable bonds is 5. The average Bonchev–Trinajstić information content (AvgIpc) is 2.41. The maximum atomic E-state index is 13.4. The first kappa shape index (κ1) is 14.9. The van der Waals surface area contributed by atoms with Crippen molar-refractivity contribution in [3.63, 3.8) is 0 Å². The number of ether oxygens (including phenoxy) is 1. The molecule has 2 nitrogen and oxygen atoms in total. The van der Waals surface area contributed by atoms with Crippen LogP contribution in [0.2, 0.25) is 0 Å². The highest BCUT2D eigenvalue weighted by Crippen LogP contribution is 2.19. The van der Waals surface area contributed by atoms with E-state index in [9.17, 15) is 4.39 Å². The molecule has 0 unspecified atom stereocenters. The van der Waals surface area contributed by atoms with Crippen LogP contribution in [0.3, 0.4) is 0 Å². The van der Waals surface area contributed by atoms with Crippen molar-refractivity contribution in [1.29, 1.82) is 0 Å². The molecule has 106 valence electrons. The van der Waals surface area contributed by atoms with Crippen LogP contribution in [0.15, 0.2) is 46.9 Å². The molecule has 2 aromatic carbocycles. The molecule has 0 saturated heterocycles. The van der Waals surface area contributed by atoms with Crippen molar-refractivity contribution < 1.29 is 9.13 Å². The molecule has 0 heterocycles. The lowest BCUT2D eigenvalue weighted by Gasteiger charge is -2.11. The number of hydrogen-bond donors (Lipinski definition) is 1. The zero-order valence-corrected chi connectivity index (χ0v) is 13.1. The standard InChI is InChI=1S/C16H17BrFNO/c1-11(2)20-14-6-4-13(5-7-14)19-10-12-3-8-15(17)16(18)9-12/h3-9,11,19H,10H2,1-2H3. The van der Waals surface area contributed by atoms with Gasteiger partial charge >= 0.3 is 0 Å². The minimum absolute atomic E-state index is 0.166. The first-order valence-corrected chi connectivity index (χ1v) is 7.28. The van der Waals surface area contributed by atoms with Gasteiger partial charge in [0.25, 0.3) is 0 Å². The van der Waals surface area contributed by atoms with Gasteiger partial charge in [-0.15, -0.1) is 0 Å². The summed E-state index contributed by atoms with van der Waals surface area (Å²) in [6.07, 6.45) is 0.166. The second-order valence-corrected chi connectivity index (χ2v) is 5.65. The van der Waals surface area contributed by atoms with Gasteiger partial charge in [-0.2, -0.15) is 0 Å². The van der Waals surface area contributed by atoms with Gasteiger partial charge in [-0.1, -0.05) is 6.07 Å². The van der Waals surface area contributed by atoms with Crippen LogP contribution in [-0.2, 0) is 6.54 Å². The van der Waals surface area contributed by atoms with Crippen molar-refractivity contribution >= 4 is 21.6 Å². The Hall–Kier alpha value is -1.55. The summed E-state index contributed by atoms with van der Waals surface area (Å²) >= 11 is 3.14. The van der Waals surface area contributed by atoms with E-state index in [-0.39, 0.29) is 11.9 Å². The number of nitrogens with one attached hydrogen (secondary N) is 1. The molecular formula is C16H17BrFNO. The van der Waals surface area contributed by atoms with Gasteiger partial charge in [0.2, 0.25) is 0 Å². The van der Waals surface area contributed by atoms with Crippen LogP contribution in [0, 0.1) is 5.82 Å². The molecule has 2 rings (SSSR count). The monoisotopic (exact) mass is 337 g/mol. The van der Waals surface area contributed by atoms with E-state index in [1.54, 1.807) is 6.07 Å².